The molecule has 4 aliphatic rings. The molecule has 0 spiro atoms. The lowest BCUT2D eigenvalue weighted by atomic mass is 9.47. The molecule has 162 valence electrons. The van der Waals surface area contributed by atoms with Crippen LogP contribution in [-0.2, 0) is 9.53 Å². The summed E-state index contributed by atoms with van der Waals surface area (Å²) in [5, 5.41) is 9.17. The smallest absolute Gasteiger partial charge is 0.302 e. The van der Waals surface area contributed by atoms with Crippen molar-refractivity contribution in [2.24, 2.45) is 39.5 Å². The van der Waals surface area contributed by atoms with Crippen LogP contribution >= 0.6 is 0 Å². The minimum absolute atomic E-state index is 0.0819. The van der Waals surface area contributed by atoms with Gasteiger partial charge in [-0.15, -0.1) is 0 Å². The van der Waals surface area contributed by atoms with Gasteiger partial charge in [0, 0.05) is 25.0 Å². The van der Waals surface area contributed by atoms with Crippen LogP contribution in [-0.4, -0.2) is 36.0 Å². The van der Waals surface area contributed by atoms with E-state index in [1.165, 1.54) is 44.7 Å². The van der Waals surface area contributed by atoms with E-state index in [1.54, 1.807) is 5.57 Å². The highest BCUT2D eigenvalue weighted by Gasteiger charge is 2.59. The number of carbonyl (C=O) groups is 1. The zero-order valence-electron chi connectivity index (χ0n) is 18.7. The summed E-state index contributed by atoms with van der Waals surface area (Å²) < 4.78 is 5.57. The summed E-state index contributed by atoms with van der Waals surface area (Å²) in [6, 6.07) is 0. The summed E-state index contributed by atoms with van der Waals surface area (Å²) in [5.41, 5.74) is 3.48. The maximum Gasteiger partial charge on any atom is 0.302 e. The van der Waals surface area contributed by atoms with Crippen LogP contribution in [0.5, 0.6) is 0 Å². The van der Waals surface area contributed by atoms with Crippen LogP contribution in [0.4, 0.5) is 0 Å². The van der Waals surface area contributed by atoms with Crippen LogP contribution in [0.3, 0.4) is 0 Å². The van der Waals surface area contributed by atoms with Crippen molar-refractivity contribution in [2.45, 2.75) is 85.2 Å². The van der Waals surface area contributed by atoms with E-state index in [9.17, 15) is 9.90 Å². The molecule has 4 heteroatoms. The van der Waals surface area contributed by atoms with Gasteiger partial charge in [0.25, 0.3) is 0 Å². The Hall–Kier alpha value is -1.16. The molecular weight excluding hydrogens is 362 g/mol. The summed E-state index contributed by atoms with van der Waals surface area (Å²) in [7, 11) is 0. The molecule has 0 aliphatic heterocycles. The zero-order chi connectivity index (χ0) is 20.8. The minimum Gasteiger partial charge on any atom is -0.462 e. The van der Waals surface area contributed by atoms with Crippen molar-refractivity contribution in [3.05, 3.63) is 11.6 Å². The summed E-state index contributed by atoms with van der Waals surface area (Å²) in [6.07, 6.45) is 12.1. The maximum absolute atomic E-state index is 11.4. The Morgan fingerprint density at radius 3 is 2.69 bits per heavy atom. The van der Waals surface area contributed by atoms with Gasteiger partial charge in [-0.05, 0) is 80.5 Å². The van der Waals surface area contributed by atoms with Gasteiger partial charge in [-0.1, -0.05) is 25.5 Å². The van der Waals surface area contributed by atoms with E-state index in [1.807, 2.05) is 0 Å². The molecule has 29 heavy (non-hydrogen) atoms. The number of aliphatic imine (C=N–C) groups is 1. The summed E-state index contributed by atoms with van der Waals surface area (Å²) in [4.78, 5) is 16.1. The summed E-state index contributed by atoms with van der Waals surface area (Å²) in [6.45, 7) is 9.45. The fraction of sp³-hybridized carbons (Fsp3) is 0.840. The largest absolute Gasteiger partial charge is 0.462 e. The van der Waals surface area contributed by atoms with Gasteiger partial charge in [-0.25, -0.2) is 0 Å². The van der Waals surface area contributed by atoms with Crippen molar-refractivity contribution in [3.63, 3.8) is 0 Å². The van der Waals surface area contributed by atoms with Crippen molar-refractivity contribution in [3.8, 4) is 0 Å². The number of allylic oxidation sites excluding steroid dienone is 1. The number of hydrogen-bond acceptors (Lipinski definition) is 4. The third-order valence-electron chi connectivity index (χ3n) is 9.36. The lowest BCUT2D eigenvalue weighted by Crippen LogP contribution is -2.51. The minimum atomic E-state index is -0.142. The van der Waals surface area contributed by atoms with Crippen LogP contribution in [0, 0.1) is 34.5 Å². The lowest BCUT2D eigenvalue weighted by Gasteiger charge is -2.58. The summed E-state index contributed by atoms with van der Waals surface area (Å²) in [5.74, 6) is 2.77. The van der Waals surface area contributed by atoms with Crippen LogP contribution in [0.2, 0.25) is 0 Å². The Morgan fingerprint density at radius 2 is 1.97 bits per heavy atom. The molecule has 4 aliphatic carbocycles. The van der Waals surface area contributed by atoms with E-state index in [-0.39, 0.29) is 18.7 Å². The molecule has 0 bridgehead atoms. The highest BCUT2D eigenvalue weighted by atomic mass is 16.5. The van der Waals surface area contributed by atoms with Crippen LogP contribution in [0.15, 0.2) is 16.6 Å². The van der Waals surface area contributed by atoms with Crippen molar-refractivity contribution in [2.75, 3.05) is 13.2 Å². The molecule has 0 saturated heterocycles. The van der Waals surface area contributed by atoms with Crippen LogP contribution in [0.25, 0.3) is 0 Å². The number of esters is 1. The average Bonchev–Trinajstić information content (AvgIpc) is 3.03. The van der Waals surface area contributed by atoms with Crippen molar-refractivity contribution >= 4 is 11.7 Å². The van der Waals surface area contributed by atoms with Gasteiger partial charge in [0.15, 0.2) is 0 Å². The fourth-order valence-electron chi connectivity index (χ4n) is 7.99. The third-order valence-corrected chi connectivity index (χ3v) is 9.36. The first-order valence-corrected chi connectivity index (χ1v) is 11.8. The molecule has 1 N–H and O–H groups in total. The Bertz CT molecular complexity index is 713. The van der Waals surface area contributed by atoms with Crippen LogP contribution < -0.4 is 0 Å². The van der Waals surface area contributed by atoms with E-state index in [0.717, 1.165) is 37.0 Å². The van der Waals surface area contributed by atoms with Crippen molar-refractivity contribution in [1.82, 2.24) is 0 Å². The van der Waals surface area contributed by atoms with E-state index in [2.05, 4.69) is 31.8 Å². The SMILES string of the molecule is CC(=O)O[C@H]1CC[C@@]2(C)C(=CC[C@H]3[C@@H]4CC[C@H](C(C)=NCCO)[C@@]4(C)CC[C@@H]32)C1. The number of hydrogen-bond donors (Lipinski definition) is 1. The highest BCUT2D eigenvalue weighted by molar-refractivity contribution is 5.85. The van der Waals surface area contributed by atoms with E-state index in [0.29, 0.717) is 23.3 Å². The molecule has 7 atom stereocenters. The molecule has 0 heterocycles. The van der Waals surface area contributed by atoms with Crippen LogP contribution in [0.1, 0.15) is 79.1 Å². The van der Waals surface area contributed by atoms with Gasteiger partial charge < -0.3 is 9.84 Å². The first-order valence-electron chi connectivity index (χ1n) is 11.8. The Labute approximate surface area is 176 Å². The number of carbonyl (C=O) groups excluding carboxylic acids is 1. The monoisotopic (exact) mass is 401 g/mol. The molecule has 0 amide bonds. The Kier molecular flexibility index (Phi) is 5.69. The normalized spacial score (nSPS) is 44.4. The number of fused-ring (bicyclic) bond motifs is 5. The topological polar surface area (TPSA) is 58.9 Å². The highest BCUT2D eigenvalue weighted by Crippen LogP contribution is 2.66. The first-order chi connectivity index (χ1) is 13.8. The zero-order valence-corrected chi connectivity index (χ0v) is 18.7. The lowest BCUT2D eigenvalue weighted by molar-refractivity contribution is -0.148. The second kappa shape index (κ2) is 7.83. The first kappa shape index (κ1) is 21.1. The summed E-state index contributed by atoms with van der Waals surface area (Å²) >= 11 is 0. The predicted octanol–water partition coefficient (Wildman–Crippen LogP) is 4.95. The predicted molar refractivity (Wildman–Crippen MR) is 116 cm³/mol. The number of aliphatic hydroxyl groups excluding tert-OH is 1. The number of rotatable bonds is 4. The molecule has 4 rings (SSSR count). The standard InChI is InChI=1S/C25H39NO3/c1-16(26-13-14-27)21-7-8-22-20-6-5-18-15-19(29-17(2)28)9-11-24(18,3)23(20)10-12-25(21,22)4/h5,19-23,27H,6-15H2,1-4H3/t19-,20-,21+,22-,23-,24-,25+/m0/s1. The molecule has 0 unspecified atom stereocenters. The quantitative estimate of drug-likeness (QED) is 0.412. The average molecular weight is 402 g/mol. The maximum atomic E-state index is 11.4. The van der Waals surface area contributed by atoms with Gasteiger partial charge in [-0.3, -0.25) is 9.79 Å². The molecule has 3 fully saturated rings. The van der Waals surface area contributed by atoms with Gasteiger partial charge in [-0.2, -0.15) is 0 Å². The molecule has 0 aromatic heterocycles. The van der Waals surface area contributed by atoms with Gasteiger partial charge in [0.1, 0.15) is 6.10 Å². The number of aliphatic hydroxyl groups is 1. The van der Waals surface area contributed by atoms with E-state index in [4.69, 9.17) is 4.74 Å². The number of ether oxygens (including phenoxy) is 1. The van der Waals surface area contributed by atoms with Gasteiger partial charge >= 0.3 is 5.97 Å². The molecule has 4 nitrogen and oxygen atoms in total. The molecular formula is C25H39NO3. The second-order valence-corrected chi connectivity index (χ2v) is 10.7. The second-order valence-electron chi connectivity index (χ2n) is 10.7. The van der Waals surface area contributed by atoms with E-state index >= 15 is 0 Å². The Balaban J connectivity index is 1.55. The van der Waals surface area contributed by atoms with Crippen molar-refractivity contribution < 1.29 is 14.6 Å². The van der Waals surface area contributed by atoms with E-state index < -0.39 is 0 Å². The molecule has 3 saturated carbocycles. The Morgan fingerprint density at radius 1 is 1.17 bits per heavy atom. The van der Waals surface area contributed by atoms with Crippen molar-refractivity contribution in [1.29, 1.82) is 0 Å². The molecule has 0 radical (unpaired) electrons. The van der Waals surface area contributed by atoms with Gasteiger partial charge in [0.05, 0.1) is 13.2 Å². The fourth-order valence-corrected chi connectivity index (χ4v) is 7.99. The molecule has 0 aromatic carbocycles. The molecule has 0 aromatic rings. The number of nitrogens with zero attached hydrogens (tertiary/aromatic N) is 1. The van der Waals surface area contributed by atoms with Gasteiger partial charge in [0.2, 0.25) is 0 Å². The third kappa shape index (κ3) is 3.49.